The Balaban J connectivity index is 0.837. The van der Waals surface area contributed by atoms with E-state index < -0.39 is 12.9 Å². The van der Waals surface area contributed by atoms with Gasteiger partial charge in [0.25, 0.3) is 0 Å². The number of methoxy groups -OCH3 is 1. The molecule has 2 aliphatic heterocycles. The molecule has 2 unspecified atom stereocenters. The van der Waals surface area contributed by atoms with E-state index >= 15 is 0 Å². The lowest BCUT2D eigenvalue weighted by Crippen LogP contribution is -2.59. The number of nitrogens with zero attached hydrogens (tertiary/aromatic N) is 6. The number of pyridine rings is 2. The van der Waals surface area contributed by atoms with Crippen LogP contribution in [0.25, 0.3) is 33.6 Å². The molecule has 6 heterocycles. The van der Waals surface area contributed by atoms with Crippen molar-refractivity contribution in [1.29, 1.82) is 0 Å². The Morgan fingerprint density at radius 2 is 1.18 bits per heavy atom. The number of hydrogen-bond acceptors (Lipinski definition) is 6. The Morgan fingerprint density at radius 1 is 0.577 bits per heavy atom. The third-order valence-electron chi connectivity index (χ3n) is 15.5. The van der Waals surface area contributed by atoms with Crippen molar-refractivity contribution in [3.63, 3.8) is 0 Å². The number of aryl methyl sites for hydroxylation is 4. The van der Waals surface area contributed by atoms with Gasteiger partial charge in [-0.15, -0.1) is 0 Å². The Bertz CT molecular complexity index is 3380. The molecule has 2 saturated heterocycles. The number of allylic oxidation sites excluding steroid dienone is 2. The summed E-state index contributed by atoms with van der Waals surface area (Å²) in [5.41, 5.74) is 21.1. The van der Waals surface area contributed by atoms with E-state index in [-0.39, 0.29) is 18.5 Å². The lowest BCUT2D eigenvalue weighted by Gasteiger charge is -2.46. The topological polar surface area (TPSA) is 59.5 Å². The van der Waals surface area contributed by atoms with E-state index in [9.17, 15) is 8.78 Å². The Hall–Kier alpha value is -6.88. The summed E-state index contributed by atoms with van der Waals surface area (Å²) >= 11 is 0. The summed E-state index contributed by atoms with van der Waals surface area (Å²) in [6.07, 6.45) is 13.9. The van der Waals surface area contributed by atoms with Crippen molar-refractivity contribution < 1.29 is 18.3 Å². The summed E-state index contributed by atoms with van der Waals surface area (Å²) in [5.74, 6) is 1.48. The second-order valence-corrected chi connectivity index (χ2v) is 20.3. The Kier molecular flexibility index (Phi) is 12.1. The van der Waals surface area contributed by atoms with Gasteiger partial charge >= 0.3 is 0 Å². The zero-order valence-corrected chi connectivity index (χ0v) is 40.9. The second-order valence-electron chi connectivity index (χ2n) is 20.3. The predicted molar refractivity (Wildman–Crippen MR) is 279 cm³/mol. The molecule has 4 aromatic carbocycles. The first-order valence-corrected chi connectivity index (χ1v) is 25.4. The van der Waals surface area contributed by atoms with Crippen LogP contribution in [-0.2, 0) is 25.9 Å². The molecule has 8 nitrogen and oxygen atoms in total. The fourth-order valence-electron chi connectivity index (χ4n) is 11.9. The standard InChI is InChI=1S/C61H60F2N6O2/c1-39-10-4-6-14-51(39)55-16-8-12-42-11-5-7-15-53(42)59(55)44-22-25-68-37-48(65-58(68)28-44)38-69-34-46(31-63)61(69)71-50-19-21-54-43(27-50)13-9-17-56(52-20-18-49(70-3)26-40(52)2)60(54)45-23-24-67-36-47(64-57(67)29-45)35-66-32-41(30-62)33-66/h4-7,10-11,14-15,18-29,36-37,41,46,61H,8-9,12-13,16-17,30-35,38H2,1-3H3. The van der Waals surface area contributed by atoms with Gasteiger partial charge in [-0.25, -0.2) is 9.97 Å². The number of alkyl halides is 2. The zero-order chi connectivity index (χ0) is 48.2. The number of ether oxygens (including phenoxy) is 2. The van der Waals surface area contributed by atoms with Crippen molar-refractivity contribution in [3.05, 3.63) is 201 Å². The van der Waals surface area contributed by atoms with Gasteiger partial charge in [-0.2, -0.15) is 0 Å². The highest BCUT2D eigenvalue weighted by Crippen LogP contribution is 2.44. The average Bonchev–Trinajstić information content (AvgIpc) is 3.85. The zero-order valence-electron chi connectivity index (χ0n) is 40.9. The summed E-state index contributed by atoms with van der Waals surface area (Å²) in [5, 5.41) is 0. The maximum absolute atomic E-state index is 14.7. The van der Waals surface area contributed by atoms with Crippen molar-refractivity contribution in [3.8, 4) is 11.5 Å². The number of rotatable bonds is 13. The number of imidazole rings is 2. The van der Waals surface area contributed by atoms with Gasteiger partial charge in [0.05, 0.1) is 37.8 Å². The van der Waals surface area contributed by atoms with E-state index in [4.69, 9.17) is 19.4 Å². The molecule has 2 aliphatic carbocycles. The minimum absolute atomic E-state index is 0.135. The van der Waals surface area contributed by atoms with E-state index in [0.29, 0.717) is 19.6 Å². The summed E-state index contributed by atoms with van der Waals surface area (Å²) in [7, 11) is 1.71. The van der Waals surface area contributed by atoms with E-state index in [1.807, 2.05) is 0 Å². The number of benzene rings is 4. The van der Waals surface area contributed by atoms with Gasteiger partial charge in [0.1, 0.15) is 22.8 Å². The molecule has 0 spiro atoms. The van der Waals surface area contributed by atoms with Crippen molar-refractivity contribution in [1.82, 2.24) is 28.6 Å². The van der Waals surface area contributed by atoms with Crippen LogP contribution in [0.2, 0.25) is 0 Å². The van der Waals surface area contributed by atoms with Crippen LogP contribution in [-0.4, -0.2) is 74.9 Å². The van der Waals surface area contributed by atoms with Gasteiger partial charge in [-0.05, 0) is 179 Å². The van der Waals surface area contributed by atoms with Crippen LogP contribution in [0.15, 0.2) is 134 Å². The molecule has 0 amide bonds. The van der Waals surface area contributed by atoms with Crippen molar-refractivity contribution in [2.24, 2.45) is 11.8 Å². The molecule has 10 heteroatoms. The first-order chi connectivity index (χ1) is 34.8. The number of halogens is 2. The van der Waals surface area contributed by atoms with E-state index in [1.165, 1.54) is 66.8 Å². The van der Waals surface area contributed by atoms with Crippen LogP contribution >= 0.6 is 0 Å². The SMILES string of the molecule is COc1ccc(C2=C(c3ccn4cc(CN5CC(CF)C5)nc4c3)c3ccc(OC4C(CF)CN4Cc4cn5ccc(C6=C(c7ccccc7C)CCCc7ccccc76)cc5n4)cc3CCC2)c(C)c1. The van der Waals surface area contributed by atoms with Gasteiger partial charge in [0.2, 0.25) is 0 Å². The molecule has 0 N–H and O–H groups in total. The van der Waals surface area contributed by atoms with Crippen LogP contribution in [0.1, 0.15) is 92.7 Å². The minimum atomic E-state index is -0.452. The van der Waals surface area contributed by atoms with Gasteiger partial charge in [0, 0.05) is 63.4 Å². The monoisotopic (exact) mass is 946 g/mol. The largest absolute Gasteiger partial charge is 0.497 e. The normalized spacial score (nSPS) is 18.8. The molecule has 2 atom stereocenters. The quantitative estimate of drug-likeness (QED) is 0.115. The molecule has 0 radical (unpaired) electrons. The number of hydrogen-bond donors (Lipinski definition) is 0. The van der Waals surface area contributed by atoms with Crippen molar-refractivity contribution >= 4 is 33.6 Å². The molecule has 0 bridgehead atoms. The summed E-state index contributed by atoms with van der Waals surface area (Å²) in [4.78, 5) is 14.7. The molecular weight excluding hydrogens is 887 g/mol. The van der Waals surface area contributed by atoms with Gasteiger partial charge in [0.15, 0.2) is 6.23 Å². The third-order valence-corrected chi connectivity index (χ3v) is 15.5. The molecule has 71 heavy (non-hydrogen) atoms. The van der Waals surface area contributed by atoms with E-state index in [2.05, 4.69) is 166 Å². The second kappa shape index (κ2) is 19.0. The van der Waals surface area contributed by atoms with E-state index in [1.54, 1.807) is 7.11 Å². The van der Waals surface area contributed by atoms with Gasteiger partial charge in [-0.1, -0.05) is 60.7 Å². The number of likely N-dealkylation sites (tertiary alicyclic amines) is 2. The number of fused-ring (bicyclic) bond motifs is 4. The maximum atomic E-state index is 14.7. The smallest absolute Gasteiger partial charge is 0.159 e. The van der Waals surface area contributed by atoms with Crippen LogP contribution in [0.5, 0.6) is 11.5 Å². The predicted octanol–water partition coefficient (Wildman–Crippen LogP) is 12.4. The molecule has 4 aromatic heterocycles. The fraction of sp³-hybridized carbons (Fsp3) is 0.311. The summed E-state index contributed by atoms with van der Waals surface area (Å²) in [6, 6.07) is 39.3. The van der Waals surface area contributed by atoms with Crippen LogP contribution in [0.4, 0.5) is 8.78 Å². The highest BCUT2D eigenvalue weighted by atomic mass is 19.1. The molecule has 4 aliphatic rings. The first-order valence-electron chi connectivity index (χ1n) is 25.4. The molecular formula is C61H60F2N6O2. The molecule has 0 saturated carbocycles. The van der Waals surface area contributed by atoms with Crippen molar-refractivity contribution in [2.75, 3.05) is 40.1 Å². The van der Waals surface area contributed by atoms with Crippen LogP contribution in [0.3, 0.4) is 0 Å². The average molecular weight is 947 g/mol. The van der Waals surface area contributed by atoms with Crippen molar-refractivity contribution in [2.45, 2.75) is 71.7 Å². The van der Waals surface area contributed by atoms with Gasteiger partial charge in [-0.3, -0.25) is 18.6 Å². The molecule has 12 rings (SSSR count). The first kappa shape index (κ1) is 45.3. The Labute approximate surface area is 414 Å². The lowest BCUT2D eigenvalue weighted by atomic mass is 9.86. The lowest BCUT2D eigenvalue weighted by molar-refractivity contribution is -0.123. The highest BCUT2D eigenvalue weighted by molar-refractivity contribution is 6.02. The molecule has 8 aromatic rings. The minimum Gasteiger partial charge on any atom is -0.497 e. The molecule has 360 valence electrons. The summed E-state index contributed by atoms with van der Waals surface area (Å²) in [6.45, 7) is 7.06. The van der Waals surface area contributed by atoms with E-state index in [0.717, 1.165) is 96.9 Å². The fourth-order valence-corrected chi connectivity index (χ4v) is 11.9. The van der Waals surface area contributed by atoms with Crippen LogP contribution < -0.4 is 9.47 Å². The van der Waals surface area contributed by atoms with Gasteiger partial charge < -0.3 is 18.3 Å². The highest BCUT2D eigenvalue weighted by Gasteiger charge is 2.41. The summed E-state index contributed by atoms with van der Waals surface area (Å²) < 4.78 is 44.5. The number of aromatic nitrogens is 4. The Morgan fingerprint density at radius 3 is 1.85 bits per heavy atom. The maximum Gasteiger partial charge on any atom is 0.159 e. The molecule has 2 fully saturated rings. The van der Waals surface area contributed by atoms with Crippen LogP contribution in [0, 0.1) is 25.7 Å². The third kappa shape index (κ3) is 8.65.